The van der Waals surface area contributed by atoms with Crippen molar-refractivity contribution >= 4 is 17.5 Å². The van der Waals surface area contributed by atoms with Crippen LogP contribution in [0.4, 0.5) is 0 Å². The van der Waals surface area contributed by atoms with Crippen molar-refractivity contribution in [1.82, 2.24) is 0 Å². The second-order valence-electron chi connectivity index (χ2n) is 7.92. The molecular formula is C21H38O2S. The molecule has 3 atom stereocenters. The molecule has 2 aliphatic rings. The van der Waals surface area contributed by atoms with Gasteiger partial charge in [0.25, 0.3) is 0 Å². The molecule has 0 aromatic rings. The van der Waals surface area contributed by atoms with Crippen molar-refractivity contribution in [3.05, 3.63) is 0 Å². The summed E-state index contributed by atoms with van der Waals surface area (Å²) in [6.45, 7) is 2.27. The maximum atomic E-state index is 13.0. The van der Waals surface area contributed by atoms with E-state index in [1.807, 2.05) is 7.11 Å². The summed E-state index contributed by atoms with van der Waals surface area (Å²) in [4.78, 5) is 13.0. The lowest BCUT2D eigenvalue weighted by molar-refractivity contribution is -0.126. The molecule has 2 fully saturated rings. The maximum absolute atomic E-state index is 13.0. The molecule has 0 heterocycles. The first kappa shape index (κ1) is 20.3. The highest BCUT2D eigenvalue weighted by molar-refractivity contribution is 8.00. The maximum Gasteiger partial charge on any atom is 0.152 e. The van der Waals surface area contributed by atoms with Crippen LogP contribution < -0.4 is 0 Å². The minimum Gasteiger partial charge on any atom is -0.376 e. The highest BCUT2D eigenvalue weighted by Crippen LogP contribution is 2.58. The van der Waals surface area contributed by atoms with Gasteiger partial charge in [0.2, 0.25) is 0 Å². The Morgan fingerprint density at radius 2 is 1.75 bits per heavy atom. The van der Waals surface area contributed by atoms with E-state index in [9.17, 15) is 4.79 Å². The fourth-order valence-electron chi connectivity index (χ4n) is 5.32. The van der Waals surface area contributed by atoms with Crippen LogP contribution in [0.5, 0.6) is 0 Å². The van der Waals surface area contributed by atoms with Gasteiger partial charge in [-0.3, -0.25) is 4.79 Å². The lowest BCUT2D eigenvalue weighted by Gasteiger charge is -2.48. The van der Waals surface area contributed by atoms with Gasteiger partial charge in [-0.25, -0.2) is 0 Å². The van der Waals surface area contributed by atoms with Crippen LogP contribution in [-0.2, 0) is 9.53 Å². The standard InChI is InChI=1S/C21H38O2S/c1-4-5-6-7-8-9-10-12-16-21(24-3)19(22)17-18-14-11-13-15-20(18,21)23-2/h18H,4-17H2,1-3H3. The number of ether oxygens (including phenoxy) is 1. The molecule has 0 bridgehead atoms. The van der Waals surface area contributed by atoms with Gasteiger partial charge in [-0.05, 0) is 31.4 Å². The Morgan fingerprint density at radius 1 is 1.08 bits per heavy atom. The largest absolute Gasteiger partial charge is 0.376 e. The second kappa shape index (κ2) is 9.62. The van der Waals surface area contributed by atoms with Crippen molar-refractivity contribution in [3.63, 3.8) is 0 Å². The zero-order valence-electron chi connectivity index (χ0n) is 16.2. The Balaban J connectivity index is 1.88. The lowest BCUT2D eigenvalue weighted by Crippen LogP contribution is -2.56. The minimum atomic E-state index is -0.269. The van der Waals surface area contributed by atoms with Gasteiger partial charge in [-0.2, -0.15) is 0 Å². The molecule has 0 aromatic heterocycles. The third-order valence-electron chi connectivity index (χ3n) is 6.67. The molecule has 0 spiro atoms. The Bertz CT molecular complexity index is 397. The Kier molecular flexibility index (Phi) is 8.13. The van der Waals surface area contributed by atoms with E-state index in [1.54, 1.807) is 11.8 Å². The van der Waals surface area contributed by atoms with E-state index in [0.29, 0.717) is 11.7 Å². The second-order valence-corrected chi connectivity index (χ2v) is 9.02. The quantitative estimate of drug-likeness (QED) is 0.415. The Labute approximate surface area is 153 Å². The molecule has 2 rings (SSSR count). The number of carbonyl (C=O) groups excluding carboxylic acids is 1. The van der Waals surface area contributed by atoms with Crippen molar-refractivity contribution in [2.75, 3.05) is 13.4 Å². The molecule has 0 N–H and O–H groups in total. The van der Waals surface area contributed by atoms with Gasteiger partial charge >= 0.3 is 0 Å². The monoisotopic (exact) mass is 354 g/mol. The molecule has 0 aliphatic heterocycles. The van der Waals surface area contributed by atoms with Gasteiger partial charge in [0.15, 0.2) is 5.78 Å². The van der Waals surface area contributed by atoms with Crippen molar-refractivity contribution in [1.29, 1.82) is 0 Å². The molecule has 0 amide bonds. The fraction of sp³-hybridized carbons (Fsp3) is 0.952. The molecule has 2 aliphatic carbocycles. The number of hydrogen-bond donors (Lipinski definition) is 0. The first-order valence-corrected chi connectivity index (χ1v) is 11.5. The molecule has 24 heavy (non-hydrogen) atoms. The number of carbonyl (C=O) groups is 1. The van der Waals surface area contributed by atoms with Crippen molar-refractivity contribution in [2.45, 2.75) is 107 Å². The number of hydrogen-bond acceptors (Lipinski definition) is 3. The number of thioether (sulfide) groups is 1. The van der Waals surface area contributed by atoms with Crippen LogP contribution >= 0.6 is 11.8 Å². The van der Waals surface area contributed by atoms with E-state index in [-0.39, 0.29) is 10.3 Å². The summed E-state index contributed by atoms with van der Waals surface area (Å²) in [6.07, 6.45) is 19.3. The smallest absolute Gasteiger partial charge is 0.152 e. The van der Waals surface area contributed by atoms with E-state index in [4.69, 9.17) is 4.74 Å². The predicted molar refractivity (Wildman–Crippen MR) is 105 cm³/mol. The summed E-state index contributed by atoms with van der Waals surface area (Å²) >= 11 is 1.80. The minimum absolute atomic E-state index is 0.178. The molecule has 3 heteroatoms. The summed E-state index contributed by atoms with van der Waals surface area (Å²) < 4.78 is 5.89. The summed E-state index contributed by atoms with van der Waals surface area (Å²) in [7, 11) is 1.86. The van der Waals surface area contributed by atoms with E-state index < -0.39 is 0 Å². The van der Waals surface area contributed by atoms with E-state index in [0.717, 1.165) is 19.3 Å². The third-order valence-corrected chi connectivity index (χ3v) is 8.15. The van der Waals surface area contributed by atoms with Crippen LogP contribution in [-0.4, -0.2) is 29.5 Å². The van der Waals surface area contributed by atoms with Crippen molar-refractivity contribution < 1.29 is 9.53 Å². The number of ketones is 1. The Morgan fingerprint density at radius 3 is 2.38 bits per heavy atom. The van der Waals surface area contributed by atoms with Crippen LogP contribution in [0.25, 0.3) is 0 Å². The van der Waals surface area contributed by atoms with Gasteiger partial charge in [-0.15, -0.1) is 11.8 Å². The first-order chi connectivity index (χ1) is 11.7. The molecule has 140 valence electrons. The molecular weight excluding hydrogens is 316 g/mol. The van der Waals surface area contributed by atoms with Crippen molar-refractivity contribution in [2.24, 2.45) is 5.92 Å². The average Bonchev–Trinajstić information content (AvgIpc) is 2.86. The highest BCUT2D eigenvalue weighted by atomic mass is 32.2. The number of rotatable bonds is 11. The fourth-order valence-corrected chi connectivity index (χ4v) is 6.68. The summed E-state index contributed by atoms with van der Waals surface area (Å²) in [5, 5.41) is 0. The lowest BCUT2D eigenvalue weighted by atomic mass is 9.71. The van der Waals surface area contributed by atoms with Gasteiger partial charge < -0.3 is 4.74 Å². The van der Waals surface area contributed by atoms with Crippen LogP contribution in [0.2, 0.25) is 0 Å². The third kappa shape index (κ3) is 3.87. The normalized spacial score (nSPS) is 33.0. The average molecular weight is 355 g/mol. The van der Waals surface area contributed by atoms with E-state index in [1.165, 1.54) is 70.6 Å². The zero-order valence-corrected chi connectivity index (χ0v) is 17.0. The molecule has 2 nitrogen and oxygen atoms in total. The van der Waals surface area contributed by atoms with Gasteiger partial charge in [0, 0.05) is 13.5 Å². The van der Waals surface area contributed by atoms with Crippen LogP contribution in [0.3, 0.4) is 0 Å². The zero-order chi connectivity index (χ0) is 17.5. The van der Waals surface area contributed by atoms with Gasteiger partial charge in [0.05, 0.1) is 5.60 Å². The highest BCUT2D eigenvalue weighted by Gasteiger charge is 2.65. The molecule has 0 aromatic carbocycles. The SMILES string of the molecule is CCCCCCCCCCC1(SC)C(=O)CC2CCCCC21OC. The number of unbranched alkanes of at least 4 members (excludes halogenated alkanes) is 7. The Hall–Kier alpha value is -0.0200. The molecule has 2 saturated carbocycles. The van der Waals surface area contributed by atoms with Crippen molar-refractivity contribution in [3.8, 4) is 0 Å². The molecule has 0 radical (unpaired) electrons. The van der Waals surface area contributed by atoms with Crippen LogP contribution in [0, 0.1) is 5.92 Å². The van der Waals surface area contributed by atoms with Gasteiger partial charge in [0.1, 0.15) is 4.75 Å². The van der Waals surface area contributed by atoms with Crippen LogP contribution in [0.15, 0.2) is 0 Å². The topological polar surface area (TPSA) is 26.3 Å². The van der Waals surface area contributed by atoms with E-state index in [2.05, 4.69) is 13.2 Å². The summed E-state index contributed by atoms with van der Waals surface area (Å²) in [6, 6.07) is 0. The number of fused-ring (bicyclic) bond motifs is 1. The van der Waals surface area contributed by atoms with E-state index >= 15 is 0 Å². The van der Waals surface area contributed by atoms with Crippen LogP contribution in [0.1, 0.15) is 96.8 Å². The number of methoxy groups -OCH3 is 1. The molecule has 0 saturated heterocycles. The first-order valence-electron chi connectivity index (χ1n) is 10.3. The summed E-state index contributed by atoms with van der Waals surface area (Å²) in [5.74, 6) is 0.942. The molecule has 3 unspecified atom stereocenters. The van der Waals surface area contributed by atoms with Gasteiger partial charge in [-0.1, -0.05) is 71.1 Å². The predicted octanol–water partition coefficient (Wildman–Crippen LogP) is 6.17. The summed E-state index contributed by atoms with van der Waals surface area (Å²) in [5.41, 5.74) is -0.178. The number of Topliss-reactive ketones (excluding diaryl/α,β-unsaturated/α-hetero) is 1.